The molecule has 1 aromatic heterocycles. The number of hydrogen-bond donors (Lipinski definition) is 1. The van der Waals surface area contributed by atoms with Crippen LogP contribution in [0.4, 0.5) is 5.88 Å². The van der Waals surface area contributed by atoms with Crippen molar-refractivity contribution in [1.82, 2.24) is 5.16 Å². The Morgan fingerprint density at radius 2 is 1.92 bits per heavy atom. The van der Waals surface area contributed by atoms with E-state index in [9.17, 15) is 9.59 Å². The Labute approximate surface area is 160 Å². The van der Waals surface area contributed by atoms with Gasteiger partial charge in [-0.1, -0.05) is 49.1 Å². The minimum Gasteiger partial charge on any atom is -0.480 e. The molecule has 9 heteroatoms. The second-order valence-electron chi connectivity index (χ2n) is 6.40. The van der Waals surface area contributed by atoms with E-state index in [-0.39, 0.29) is 22.1 Å². The van der Waals surface area contributed by atoms with Gasteiger partial charge in [-0.15, -0.1) is 0 Å². The van der Waals surface area contributed by atoms with Crippen molar-refractivity contribution in [3.05, 3.63) is 40.0 Å². The number of ether oxygens (including phenoxy) is 2. The van der Waals surface area contributed by atoms with Crippen LogP contribution in [0.3, 0.4) is 0 Å². The summed E-state index contributed by atoms with van der Waals surface area (Å²) in [4.78, 5) is 23.4. The van der Waals surface area contributed by atoms with E-state index in [4.69, 9.17) is 37.2 Å². The lowest BCUT2D eigenvalue weighted by Crippen LogP contribution is -2.23. The van der Waals surface area contributed by atoms with E-state index in [0.29, 0.717) is 10.7 Å². The fourth-order valence-electron chi connectivity index (χ4n) is 1.78. The van der Waals surface area contributed by atoms with Crippen molar-refractivity contribution >= 4 is 41.0 Å². The van der Waals surface area contributed by atoms with Gasteiger partial charge in [0.2, 0.25) is 5.88 Å². The first-order chi connectivity index (χ1) is 12.1. The highest BCUT2D eigenvalue weighted by Gasteiger charge is 2.20. The summed E-state index contributed by atoms with van der Waals surface area (Å²) >= 11 is 11.7. The lowest BCUT2D eigenvalue weighted by atomic mass is 9.92. The van der Waals surface area contributed by atoms with Crippen molar-refractivity contribution < 1.29 is 23.6 Å². The number of carbonyl (C=O) groups excluding carboxylic acids is 2. The van der Waals surface area contributed by atoms with Crippen molar-refractivity contribution in [2.75, 3.05) is 18.5 Å². The summed E-state index contributed by atoms with van der Waals surface area (Å²) in [5, 5.41) is 7.05. The summed E-state index contributed by atoms with van der Waals surface area (Å²) < 4.78 is 15.1. The molecule has 0 aliphatic heterocycles. The Bertz CT molecular complexity index is 799. The van der Waals surface area contributed by atoms with Crippen LogP contribution in [0.5, 0.6) is 5.75 Å². The molecule has 0 unspecified atom stereocenters. The van der Waals surface area contributed by atoms with Gasteiger partial charge in [-0.2, -0.15) is 0 Å². The van der Waals surface area contributed by atoms with Crippen LogP contribution in [-0.2, 0) is 19.7 Å². The maximum absolute atomic E-state index is 11.8. The van der Waals surface area contributed by atoms with Crippen LogP contribution in [0.15, 0.2) is 28.8 Å². The maximum Gasteiger partial charge on any atom is 0.344 e. The van der Waals surface area contributed by atoms with Crippen molar-refractivity contribution in [2.24, 2.45) is 0 Å². The first-order valence-electron chi connectivity index (χ1n) is 7.65. The van der Waals surface area contributed by atoms with Gasteiger partial charge in [0.15, 0.2) is 13.2 Å². The molecule has 1 heterocycles. The summed E-state index contributed by atoms with van der Waals surface area (Å²) in [5.74, 6) is -0.812. The molecule has 1 amide bonds. The minimum absolute atomic E-state index is 0.181. The van der Waals surface area contributed by atoms with Crippen LogP contribution in [-0.4, -0.2) is 30.2 Å². The average Bonchev–Trinajstić information content (AvgIpc) is 3.01. The zero-order valence-corrected chi connectivity index (χ0v) is 16.0. The van der Waals surface area contributed by atoms with E-state index in [1.807, 2.05) is 20.8 Å². The molecular weight excluding hydrogens is 383 g/mol. The lowest BCUT2D eigenvalue weighted by molar-refractivity contribution is -0.149. The Morgan fingerprint density at radius 1 is 1.19 bits per heavy atom. The quantitative estimate of drug-likeness (QED) is 0.740. The predicted molar refractivity (Wildman–Crippen MR) is 96.7 cm³/mol. The van der Waals surface area contributed by atoms with Gasteiger partial charge in [0, 0.05) is 16.5 Å². The van der Waals surface area contributed by atoms with Crippen molar-refractivity contribution in [2.45, 2.75) is 26.2 Å². The third-order valence-electron chi connectivity index (χ3n) is 3.14. The number of rotatable bonds is 6. The molecule has 0 saturated heterocycles. The average molecular weight is 401 g/mol. The van der Waals surface area contributed by atoms with E-state index >= 15 is 0 Å². The fourth-order valence-corrected chi connectivity index (χ4v) is 2.24. The molecule has 0 atom stereocenters. The number of aromatic nitrogens is 1. The number of amides is 1. The van der Waals surface area contributed by atoms with Crippen LogP contribution in [0.25, 0.3) is 0 Å². The van der Waals surface area contributed by atoms with Crippen molar-refractivity contribution in [3.63, 3.8) is 0 Å². The number of carbonyl (C=O) groups is 2. The van der Waals surface area contributed by atoms with Gasteiger partial charge in [0.25, 0.3) is 5.91 Å². The number of anilines is 1. The summed E-state index contributed by atoms with van der Waals surface area (Å²) in [6.45, 7) is 5.01. The number of nitrogens with one attached hydrogen (secondary N) is 1. The number of nitrogens with zero attached hydrogens (tertiary/aromatic N) is 1. The number of esters is 1. The largest absolute Gasteiger partial charge is 0.480 e. The van der Waals surface area contributed by atoms with Gasteiger partial charge in [-0.25, -0.2) is 4.79 Å². The van der Waals surface area contributed by atoms with Crippen LogP contribution in [0.1, 0.15) is 26.5 Å². The van der Waals surface area contributed by atoms with Crippen LogP contribution in [0, 0.1) is 0 Å². The van der Waals surface area contributed by atoms with E-state index < -0.39 is 25.1 Å². The van der Waals surface area contributed by atoms with Gasteiger partial charge >= 0.3 is 5.97 Å². The molecule has 26 heavy (non-hydrogen) atoms. The minimum atomic E-state index is -0.723. The predicted octanol–water partition coefficient (Wildman–Crippen LogP) is 3.84. The summed E-state index contributed by atoms with van der Waals surface area (Å²) in [6, 6.07) is 6.21. The highest BCUT2D eigenvalue weighted by Crippen LogP contribution is 2.27. The normalized spacial score (nSPS) is 11.1. The van der Waals surface area contributed by atoms with E-state index in [1.54, 1.807) is 12.1 Å². The Morgan fingerprint density at radius 3 is 2.54 bits per heavy atom. The SMILES string of the molecule is CC(C)(C)c1cc(NC(=O)COC(=O)COc2ccc(Cl)cc2Cl)on1. The summed E-state index contributed by atoms with van der Waals surface area (Å²) in [7, 11) is 0. The number of benzene rings is 1. The molecule has 2 aromatic rings. The van der Waals surface area contributed by atoms with E-state index in [2.05, 4.69) is 10.5 Å². The third-order valence-corrected chi connectivity index (χ3v) is 3.68. The molecular formula is C17H18Cl2N2O5. The lowest BCUT2D eigenvalue weighted by Gasteiger charge is -2.12. The van der Waals surface area contributed by atoms with Crippen LogP contribution in [0.2, 0.25) is 10.0 Å². The molecule has 0 aliphatic carbocycles. The molecule has 0 aliphatic rings. The topological polar surface area (TPSA) is 90.7 Å². The van der Waals surface area contributed by atoms with Gasteiger partial charge in [0.1, 0.15) is 5.75 Å². The molecule has 0 radical (unpaired) electrons. The van der Waals surface area contributed by atoms with E-state index in [1.165, 1.54) is 12.1 Å². The Kier molecular flexibility index (Phi) is 6.50. The molecule has 1 N–H and O–H groups in total. The number of hydrogen-bond acceptors (Lipinski definition) is 6. The zero-order chi connectivity index (χ0) is 19.3. The van der Waals surface area contributed by atoms with Crippen molar-refractivity contribution in [3.8, 4) is 5.75 Å². The monoisotopic (exact) mass is 400 g/mol. The first-order valence-corrected chi connectivity index (χ1v) is 8.41. The van der Waals surface area contributed by atoms with Gasteiger partial charge < -0.3 is 14.0 Å². The Balaban J connectivity index is 1.76. The smallest absolute Gasteiger partial charge is 0.344 e. The molecule has 1 aromatic carbocycles. The third kappa shape index (κ3) is 5.93. The maximum atomic E-state index is 11.8. The van der Waals surface area contributed by atoms with Gasteiger partial charge in [0.05, 0.1) is 10.7 Å². The zero-order valence-electron chi connectivity index (χ0n) is 14.5. The standard InChI is InChI=1S/C17H18Cl2N2O5/c1-17(2,3)13-7-15(26-21-13)20-14(22)8-25-16(23)9-24-12-5-4-10(18)6-11(12)19/h4-7H,8-9H2,1-3H3,(H,20,22). The first kappa shape index (κ1) is 20.1. The summed E-state index contributed by atoms with van der Waals surface area (Å²) in [5.41, 5.74) is 0.484. The summed E-state index contributed by atoms with van der Waals surface area (Å²) in [6.07, 6.45) is 0. The molecule has 0 fully saturated rings. The van der Waals surface area contributed by atoms with Crippen LogP contribution >= 0.6 is 23.2 Å². The van der Waals surface area contributed by atoms with Gasteiger partial charge in [-0.3, -0.25) is 10.1 Å². The second kappa shape index (κ2) is 8.42. The van der Waals surface area contributed by atoms with Crippen molar-refractivity contribution in [1.29, 1.82) is 0 Å². The fraction of sp³-hybridized carbons (Fsp3) is 0.353. The molecule has 0 saturated carbocycles. The molecule has 140 valence electrons. The molecule has 7 nitrogen and oxygen atoms in total. The molecule has 0 spiro atoms. The van der Waals surface area contributed by atoms with E-state index in [0.717, 1.165) is 0 Å². The number of halogens is 2. The highest BCUT2D eigenvalue weighted by molar-refractivity contribution is 6.35. The highest BCUT2D eigenvalue weighted by atomic mass is 35.5. The van der Waals surface area contributed by atoms with Crippen LogP contribution < -0.4 is 10.1 Å². The molecule has 2 rings (SSSR count). The van der Waals surface area contributed by atoms with Gasteiger partial charge in [-0.05, 0) is 18.2 Å². The Hall–Kier alpha value is -2.25. The second-order valence-corrected chi connectivity index (χ2v) is 7.24. The molecule has 0 bridgehead atoms.